The van der Waals surface area contributed by atoms with E-state index in [1.54, 1.807) is 29.2 Å². The second-order valence-corrected chi connectivity index (χ2v) is 6.45. The molecule has 2 aromatic carbocycles. The lowest BCUT2D eigenvalue weighted by Gasteiger charge is -2.28. The summed E-state index contributed by atoms with van der Waals surface area (Å²) in [6.07, 6.45) is 0.222. The fraction of sp³-hybridized carbons (Fsp3) is 0.211. The van der Waals surface area contributed by atoms with Crippen molar-refractivity contribution in [2.24, 2.45) is 0 Å². The number of hydrogen-bond donors (Lipinski definition) is 2. The molecule has 0 radical (unpaired) electrons. The fourth-order valence-corrected chi connectivity index (χ4v) is 3.11. The largest absolute Gasteiger partial charge is 0.376 e. The number of carbonyl (C=O) groups excluding carboxylic acids is 2. The molecule has 2 aromatic rings. The highest BCUT2D eigenvalue weighted by molar-refractivity contribution is 6.31. The number of amides is 2. The Hall–Kier alpha value is -3.04. The number of hydrogen-bond acceptors (Lipinski definition) is 4. The zero-order chi connectivity index (χ0) is 18.7. The third-order valence-corrected chi connectivity index (χ3v) is 4.49. The summed E-state index contributed by atoms with van der Waals surface area (Å²) in [5.74, 6) is -0.292. The van der Waals surface area contributed by atoms with Crippen LogP contribution in [0.1, 0.15) is 18.9 Å². The Morgan fingerprint density at radius 3 is 2.92 bits per heavy atom. The molecule has 0 spiro atoms. The van der Waals surface area contributed by atoms with Crippen LogP contribution >= 0.6 is 11.6 Å². The Bertz CT molecular complexity index is 907. The Morgan fingerprint density at radius 1 is 1.38 bits per heavy atom. The monoisotopic (exact) mass is 368 g/mol. The minimum atomic E-state index is -0.271. The quantitative estimate of drug-likeness (QED) is 0.869. The third-order valence-electron chi connectivity index (χ3n) is 4.16. The lowest BCUT2D eigenvalue weighted by molar-refractivity contribution is -0.118. The summed E-state index contributed by atoms with van der Waals surface area (Å²) >= 11 is 5.92. The molecule has 2 N–H and O–H groups in total. The van der Waals surface area contributed by atoms with Gasteiger partial charge in [0, 0.05) is 18.2 Å². The number of para-hydroxylation sites is 2. The molecule has 0 bridgehead atoms. The van der Waals surface area contributed by atoms with Crippen molar-refractivity contribution in [3.05, 3.63) is 53.1 Å². The van der Waals surface area contributed by atoms with Crippen molar-refractivity contribution < 1.29 is 9.59 Å². The smallest absolute Gasteiger partial charge is 0.246 e. The van der Waals surface area contributed by atoms with Gasteiger partial charge in [0.1, 0.15) is 6.07 Å². The van der Waals surface area contributed by atoms with Crippen molar-refractivity contribution in [3.63, 3.8) is 0 Å². The maximum atomic E-state index is 12.9. The van der Waals surface area contributed by atoms with Crippen molar-refractivity contribution >= 4 is 40.5 Å². The Balaban J connectivity index is 1.81. The van der Waals surface area contributed by atoms with Crippen LogP contribution in [0.5, 0.6) is 0 Å². The van der Waals surface area contributed by atoms with Crippen LogP contribution in [0.25, 0.3) is 0 Å². The van der Waals surface area contributed by atoms with Crippen molar-refractivity contribution in [1.29, 1.82) is 5.26 Å². The summed E-state index contributed by atoms with van der Waals surface area (Å²) in [5.41, 5.74) is 2.26. The first-order chi connectivity index (χ1) is 12.5. The molecular formula is C19H17ClN4O2. The van der Waals surface area contributed by atoms with Crippen LogP contribution in [0.15, 0.2) is 42.5 Å². The van der Waals surface area contributed by atoms with Gasteiger partial charge in [0.15, 0.2) is 0 Å². The van der Waals surface area contributed by atoms with Crippen LogP contribution in [-0.2, 0) is 9.59 Å². The number of anilines is 3. The van der Waals surface area contributed by atoms with E-state index < -0.39 is 0 Å². The third kappa shape index (κ3) is 3.63. The molecule has 0 aliphatic carbocycles. The number of benzene rings is 2. The van der Waals surface area contributed by atoms with E-state index in [0.717, 1.165) is 0 Å². The molecule has 2 amide bonds. The average molecular weight is 369 g/mol. The minimum Gasteiger partial charge on any atom is -0.376 e. The average Bonchev–Trinajstić information content (AvgIpc) is 2.75. The number of halogens is 1. The van der Waals surface area contributed by atoms with Gasteiger partial charge >= 0.3 is 0 Å². The number of fused-ring (bicyclic) bond motifs is 1. The van der Waals surface area contributed by atoms with Gasteiger partial charge in [0.05, 0.1) is 28.5 Å². The van der Waals surface area contributed by atoms with E-state index in [2.05, 4.69) is 10.6 Å². The SMILES string of the molecule is CC1CC(=O)Nc2ccccc2N1C(=O)CNc1ccc(Cl)c(C#N)c1. The highest BCUT2D eigenvalue weighted by Crippen LogP contribution is 2.31. The van der Waals surface area contributed by atoms with Crippen LogP contribution in [0.4, 0.5) is 17.1 Å². The maximum Gasteiger partial charge on any atom is 0.246 e. The van der Waals surface area contributed by atoms with Crippen molar-refractivity contribution in [3.8, 4) is 6.07 Å². The van der Waals surface area contributed by atoms with Gasteiger partial charge in [-0.15, -0.1) is 0 Å². The van der Waals surface area contributed by atoms with Crippen LogP contribution in [-0.4, -0.2) is 24.4 Å². The molecule has 1 aliphatic rings. The number of nitrogens with one attached hydrogen (secondary N) is 2. The van der Waals surface area contributed by atoms with Gasteiger partial charge < -0.3 is 15.5 Å². The van der Waals surface area contributed by atoms with Crippen molar-refractivity contribution in [2.45, 2.75) is 19.4 Å². The second kappa shape index (κ2) is 7.46. The Labute approximate surface area is 156 Å². The zero-order valence-corrected chi connectivity index (χ0v) is 14.9. The van der Waals surface area contributed by atoms with Gasteiger partial charge in [-0.3, -0.25) is 9.59 Å². The zero-order valence-electron chi connectivity index (χ0n) is 14.1. The fourth-order valence-electron chi connectivity index (χ4n) is 2.95. The van der Waals surface area contributed by atoms with Crippen LogP contribution in [0.2, 0.25) is 5.02 Å². The molecule has 1 atom stereocenters. The first-order valence-electron chi connectivity index (χ1n) is 8.14. The number of nitriles is 1. The summed E-state index contributed by atoms with van der Waals surface area (Å²) in [5, 5.41) is 15.3. The van der Waals surface area contributed by atoms with E-state index in [1.165, 1.54) is 0 Å². The highest BCUT2D eigenvalue weighted by atomic mass is 35.5. The van der Waals surface area contributed by atoms with E-state index in [4.69, 9.17) is 16.9 Å². The van der Waals surface area contributed by atoms with Crippen LogP contribution in [0, 0.1) is 11.3 Å². The predicted molar refractivity (Wildman–Crippen MR) is 101 cm³/mol. The molecule has 1 unspecified atom stereocenters. The molecular weight excluding hydrogens is 352 g/mol. The van der Waals surface area contributed by atoms with Gasteiger partial charge in [-0.05, 0) is 37.3 Å². The van der Waals surface area contributed by atoms with Gasteiger partial charge in [-0.25, -0.2) is 0 Å². The first kappa shape index (κ1) is 17.8. The number of nitrogens with zero attached hydrogens (tertiary/aromatic N) is 2. The Kier molecular flexibility index (Phi) is 5.10. The van der Waals surface area contributed by atoms with E-state index in [9.17, 15) is 9.59 Å². The molecule has 0 saturated carbocycles. The van der Waals surface area contributed by atoms with Gasteiger partial charge in [0.25, 0.3) is 0 Å². The second-order valence-electron chi connectivity index (χ2n) is 6.04. The molecule has 0 aromatic heterocycles. The van der Waals surface area contributed by atoms with Gasteiger partial charge in [-0.1, -0.05) is 23.7 Å². The molecule has 7 heteroatoms. The maximum absolute atomic E-state index is 12.9. The Morgan fingerprint density at radius 2 is 2.15 bits per heavy atom. The molecule has 1 heterocycles. The summed E-state index contributed by atoms with van der Waals surface area (Å²) in [7, 11) is 0. The van der Waals surface area contributed by atoms with Crippen molar-refractivity contribution in [2.75, 3.05) is 22.1 Å². The topological polar surface area (TPSA) is 85.2 Å². The van der Waals surface area contributed by atoms with E-state index in [1.807, 2.05) is 31.2 Å². The van der Waals surface area contributed by atoms with E-state index >= 15 is 0 Å². The van der Waals surface area contributed by atoms with Gasteiger partial charge in [-0.2, -0.15) is 5.26 Å². The first-order valence-corrected chi connectivity index (χ1v) is 8.52. The molecule has 6 nitrogen and oxygen atoms in total. The van der Waals surface area contributed by atoms with E-state index in [0.29, 0.717) is 27.6 Å². The lowest BCUT2D eigenvalue weighted by Crippen LogP contribution is -2.42. The lowest BCUT2D eigenvalue weighted by atomic mass is 10.1. The standard InChI is InChI=1S/C19H17ClN4O2/c1-12-8-18(25)23-16-4-2-3-5-17(16)24(12)19(26)11-22-14-6-7-15(20)13(9-14)10-21/h2-7,9,12,22H,8,11H2,1H3,(H,23,25). The van der Waals surface area contributed by atoms with Crippen molar-refractivity contribution in [1.82, 2.24) is 0 Å². The molecule has 26 heavy (non-hydrogen) atoms. The molecule has 0 fully saturated rings. The number of rotatable bonds is 3. The normalized spacial score (nSPS) is 16.1. The minimum absolute atomic E-state index is 0.0271. The summed E-state index contributed by atoms with van der Waals surface area (Å²) < 4.78 is 0. The predicted octanol–water partition coefficient (Wildman–Crippen LogP) is 3.39. The summed E-state index contributed by atoms with van der Waals surface area (Å²) in [6.45, 7) is 1.87. The molecule has 1 aliphatic heterocycles. The summed E-state index contributed by atoms with van der Waals surface area (Å²) in [4.78, 5) is 26.5. The molecule has 132 valence electrons. The van der Waals surface area contributed by atoms with E-state index in [-0.39, 0.29) is 30.8 Å². The van der Waals surface area contributed by atoms with Gasteiger partial charge in [0.2, 0.25) is 11.8 Å². The number of carbonyl (C=O) groups is 2. The van der Waals surface area contributed by atoms with Crippen LogP contribution in [0.3, 0.4) is 0 Å². The van der Waals surface area contributed by atoms with Crippen LogP contribution < -0.4 is 15.5 Å². The molecule has 3 rings (SSSR count). The highest BCUT2D eigenvalue weighted by Gasteiger charge is 2.29. The summed E-state index contributed by atoms with van der Waals surface area (Å²) in [6, 6.07) is 13.9. The molecule has 0 saturated heterocycles.